The quantitative estimate of drug-likeness (QED) is 0.725. The van der Waals surface area contributed by atoms with Gasteiger partial charge in [-0.15, -0.1) is 0 Å². The number of benzene rings is 1. The summed E-state index contributed by atoms with van der Waals surface area (Å²) in [6, 6.07) is 6.82. The largest absolute Gasteiger partial charge is 0.508 e. The molecule has 1 N–H and O–H groups in total. The summed E-state index contributed by atoms with van der Waals surface area (Å²) in [5.74, 6) is -0.587. The van der Waals surface area contributed by atoms with Gasteiger partial charge in [0.25, 0.3) is 0 Å². The molecular formula is C10H14O3. The standard InChI is InChI=1S/C10H14O3/c1-10(12-2,13-3)8-5-4-6-9(11)7-8/h4-7,11H,1-3H3. The fraction of sp³-hybridized carbons (Fsp3) is 0.400. The minimum Gasteiger partial charge on any atom is -0.508 e. The minimum atomic E-state index is -0.793. The number of phenols is 1. The van der Waals surface area contributed by atoms with E-state index in [1.54, 1.807) is 39.3 Å². The number of methoxy groups -OCH3 is 2. The molecule has 13 heavy (non-hydrogen) atoms. The Morgan fingerprint density at radius 1 is 1.23 bits per heavy atom. The van der Waals surface area contributed by atoms with E-state index >= 15 is 0 Å². The first-order valence-electron chi connectivity index (χ1n) is 4.02. The van der Waals surface area contributed by atoms with E-state index in [9.17, 15) is 5.11 Å². The van der Waals surface area contributed by atoms with Gasteiger partial charge in [-0.05, 0) is 19.1 Å². The van der Waals surface area contributed by atoms with Gasteiger partial charge in [0.15, 0.2) is 5.79 Å². The number of rotatable bonds is 3. The summed E-state index contributed by atoms with van der Waals surface area (Å²) in [6.45, 7) is 1.79. The summed E-state index contributed by atoms with van der Waals surface area (Å²) in [7, 11) is 3.13. The third kappa shape index (κ3) is 1.99. The van der Waals surface area contributed by atoms with Crippen molar-refractivity contribution in [2.24, 2.45) is 0 Å². The van der Waals surface area contributed by atoms with Gasteiger partial charge in [-0.3, -0.25) is 0 Å². The Labute approximate surface area is 77.9 Å². The van der Waals surface area contributed by atoms with Gasteiger partial charge < -0.3 is 14.6 Å². The van der Waals surface area contributed by atoms with Crippen LogP contribution in [0, 0.1) is 0 Å². The van der Waals surface area contributed by atoms with Crippen molar-refractivity contribution in [3.63, 3.8) is 0 Å². The predicted octanol–water partition coefficient (Wildman–Crippen LogP) is 1.86. The van der Waals surface area contributed by atoms with Crippen LogP contribution in [0.4, 0.5) is 0 Å². The molecule has 0 saturated carbocycles. The molecule has 0 bridgehead atoms. The van der Waals surface area contributed by atoms with Crippen LogP contribution in [0.3, 0.4) is 0 Å². The van der Waals surface area contributed by atoms with Crippen LogP contribution in [-0.2, 0) is 15.3 Å². The molecule has 1 aromatic carbocycles. The third-order valence-corrected chi connectivity index (χ3v) is 2.15. The predicted molar refractivity (Wildman–Crippen MR) is 49.5 cm³/mol. The van der Waals surface area contributed by atoms with Gasteiger partial charge in [0.05, 0.1) is 0 Å². The van der Waals surface area contributed by atoms with E-state index < -0.39 is 5.79 Å². The van der Waals surface area contributed by atoms with Gasteiger partial charge in [-0.25, -0.2) is 0 Å². The van der Waals surface area contributed by atoms with E-state index in [2.05, 4.69) is 0 Å². The Kier molecular flexibility index (Phi) is 2.90. The Balaban J connectivity index is 3.05. The SMILES string of the molecule is COC(C)(OC)c1cccc(O)c1. The number of phenolic OH excluding ortho intramolecular Hbond substituents is 1. The molecule has 0 aliphatic heterocycles. The van der Waals surface area contributed by atoms with Gasteiger partial charge in [0.1, 0.15) is 5.75 Å². The Bertz CT molecular complexity index is 279. The van der Waals surface area contributed by atoms with Crippen LogP contribution in [-0.4, -0.2) is 19.3 Å². The van der Waals surface area contributed by atoms with Crippen molar-refractivity contribution in [2.75, 3.05) is 14.2 Å². The van der Waals surface area contributed by atoms with Crippen LogP contribution in [0.5, 0.6) is 5.75 Å². The van der Waals surface area contributed by atoms with E-state index in [1.165, 1.54) is 0 Å². The second kappa shape index (κ2) is 3.77. The maximum Gasteiger partial charge on any atom is 0.191 e. The first kappa shape index (κ1) is 10.0. The lowest BCUT2D eigenvalue weighted by Gasteiger charge is -2.26. The second-order valence-corrected chi connectivity index (χ2v) is 2.90. The fourth-order valence-corrected chi connectivity index (χ4v) is 1.11. The zero-order valence-electron chi connectivity index (χ0n) is 8.07. The van der Waals surface area contributed by atoms with Gasteiger partial charge in [-0.2, -0.15) is 0 Å². The summed E-state index contributed by atoms with van der Waals surface area (Å²) in [5, 5.41) is 9.26. The smallest absolute Gasteiger partial charge is 0.191 e. The van der Waals surface area contributed by atoms with Crippen molar-refractivity contribution >= 4 is 0 Å². The highest BCUT2D eigenvalue weighted by Crippen LogP contribution is 2.27. The zero-order valence-corrected chi connectivity index (χ0v) is 8.07. The average Bonchev–Trinajstić information content (AvgIpc) is 2.17. The summed E-state index contributed by atoms with van der Waals surface area (Å²) >= 11 is 0. The van der Waals surface area contributed by atoms with Crippen molar-refractivity contribution in [3.8, 4) is 5.75 Å². The minimum absolute atomic E-state index is 0.206. The van der Waals surface area contributed by atoms with E-state index in [4.69, 9.17) is 9.47 Å². The number of aromatic hydroxyl groups is 1. The summed E-state index contributed by atoms with van der Waals surface area (Å²) in [4.78, 5) is 0. The first-order valence-corrected chi connectivity index (χ1v) is 4.02. The van der Waals surface area contributed by atoms with Gasteiger partial charge in [-0.1, -0.05) is 12.1 Å². The van der Waals surface area contributed by atoms with Crippen molar-refractivity contribution in [1.29, 1.82) is 0 Å². The lowest BCUT2D eigenvalue weighted by Crippen LogP contribution is -2.26. The maximum atomic E-state index is 9.26. The normalized spacial score (nSPS) is 11.6. The van der Waals surface area contributed by atoms with Crippen molar-refractivity contribution < 1.29 is 14.6 Å². The van der Waals surface area contributed by atoms with Gasteiger partial charge >= 0.3 is 0 Å². The summed E-state index contributed by atoms with van der Waals surface area (Å²) in [6.07, 6.45) is 0. The molecule has 0 fully saturated rings. The van der Waals surface area contributed by atoms with E-state index in [0.717, 1.165) is 5.56 Å². The molecule has 0 amide bonds. The van der Waals surface area contributed by atoms with Crippen LogP contribution >= 0.6 is 0 Å². The van der Waals surface area contributed by atoms with Crippen LogP contribution in [0.1, 0.15) is 12.5 Å². The number of hydrogen-bond donors (Lipinski definition) is 1. The van der Waals surface area contributed by atoms with Crippen LogP contribution < -0.4 is 0 Å². The molecule has 0 aliphatic rings. The monoisotopic (exact) mass is 182 g/mol. The van der Waals surface area contributed by atoms with Crippen LogP contribution in [0.25, 0.3) is 0 Å². The highest BCUT2D eigenvalue weighted by Gasteiger charge is 2.25. The molecule has 0 saturated heterocycles. The molecule has 1 rings (SSSR count). The summed E-state index contributed by atoms with van der Waals surface area (Å²) in [5.41, 5.74) is 0.789. The fourth-order valence-electron chi connectivity index (χ4n) is 1.11. The molecule has 0 heterocycles. The molecule has 3 nitrogen and oxygen atoms in total. The average molecular weight is 182 g/mol. The molecular weight excluding hydrogens is 168 g/mol. The van der Waals surface area contributed by atoms with Crippen molar-refractivity contribution in [1.82, 2.24) is 0 Å². The topological polar surface area (TPSA) is 38.7 Å². The molecule has 0 spiro atoms. The van der Waals surface area contributed by atoms with Crippen LogP contribution in [0.15, 0.2) is 24.3 Å². The van der Waals surface area contributed by atoms with E-state index in [1.807, 2.05) is 6.07 Å². The highest BCUT2D eigenvalue weighted by molar-refractivity contribution is 5.29. The molecule has 0 aromatic heterocycles. The van der Waals surface area contributed by atoms with E-state index in [0.29, 0.717) is 0 Å². The molecule has 0 radical (unpaired) electrons. The molecule has 72 valence electrons. The third-order valence-electron chi connectivity index (χ3n) is 2.15. The first-order chi connectivity index (χ1) is 6.12. The molecule has 1 aromatic rings. The Hall–Kier alpha value is -1.06. The number of ether oxygens (including phenoxy) is 2. The van der Waals surface area contributed by atoms with Gasteiger partial charge in [0, 0.05) is 19.8 Å². The Morgan fingerprint density at radius 2 is 1.85 bits per heavy atom. The lowest BCUT2D eigenvalue weighted by molar-refractivity contribution is -0.201. The van der Waals surface area contributed by atoms with Crippen LogP contribution in [0.2, 0.25) is 0 Å². The summed E-state index contributed by atoms with van der Waals surface area (Å²) < 4.78 is 10.4. The molecule has 0 atom stereocenters. The van der Waals surface area contributed by atoms with Crippen molar-refractivity contribution in [2.45, 2.75) is 12.7 Å². The molecule has 3 heteroatoms. The Morgan fingerprint density at radius 3 is 2.31 bits per heavy atom. The van der Waals surface area contributed by atoms with Crippen molar-refractivity contribution in [3.05, 3.63) is 29.8 Å². The molecule has 0 unspecified atom stereocenters. The number of hydrogen-bond acceptors (Lipinski definition) is 3. The maximum absolute atomic E-state index is 9.26. The highest BCUT2D eigenvalue weighted by atomic mass is 16.7. The zero-order chi connectivity index (χ0) is 9.90. The molecule has 0 aliphatic carbocycles. The van der Waals surface area contributed by atoms with E-state index in [-0.39, 0.29) is 5.75 Å². The lowest BCUT2D eigenvalue weighted by atomic mass is 10.1. The van der Waals surface area contributed by atoms with Gasteiger partial charge in [0.2, 0.25) is 0 Å². The second-order valence-electron chi connectivity index (χ2n) is 2.90.